The van der Waals surface area contributed by atoms with Crippen LogP contribution in [0.1, 0.15) is 60.9 Å². The van der Waals surface area contributed by atoms with E-state index in [0.29, 0.717) is 5.69 Å². The minimum atomic E-state index is -4.53. The van der Waals surface area contributed by atoms with E-state index in [4.69, 9.17) is 0 Å². The zero-order chi connectivity index (χ0) is 15.7. The maximum Gasteiger partial charge on any atom is 0.433 e. The number of aromatic nitrogens is 1. The summed E-state index contributed by atoms with van der Waals surface area (Å²) in [6, 6.07) is 1.47. The molecule has 1 aromatic rings. The fourth-order valence-electron chi connectivity index (χ4n) is 1.99. The normalized spacial score (nSPS) is 14.2. The van der Waals surface area contributed by atoms with Gasteiger partial charge in [-0.15, -0.1) is 0 Å². The van der Waals surface area contributed by atoms with E-state index < -0.39 is 11.9 Å². The van der Waals surface area contributed by atoms with Gasteiger partial charge in [-0.05, 0) is 12.0 Å². The van der Waals surface area contributed by atoms with Crippen molar-refractivity contribution in [2.45, 2.75) is 46.3 Å². The molecule has 2 heterocycles. The number of pyridine rings is 1. The molecule has 20 heavy (non-hydrogen) atoms. The molecule has 112 valence electrons. The predicted molar refractivity (Wildman–Crippen MR) is 70.5 cm³/mol. The van der Waals surface area contributed by atoms with Crippen LogP contribution in [-0.4, -0.2) is 22.8 Å². The summed E-state index contributed by atoms with van der Waals surface area (Å²) in [4.78, 5) is 16.7. The first-order valence-electron chi connectivity index (χ1n) is 6.58. The molecule has 6 heteroatoms. The number of fused-ring (bicyclic) bond motifs is 1. The smallest absolute Gasteiger partial charge is 0.337 e. The Morgan fingerprint density at radius 3 is 2.30 bits per heavy atom. The number of nitrogens with zero attached hydrogens (tertiary/aromatic N) is 2. The second-order valence-corrected chi connectivity index (χ2v) is 4.74. The van der Waals surface area contributed by atoms with Crippen molar-refractivity contribution in [2.75, 3.05) is 7.05 Å². The molecule has 0 saturated carbocycles. The van der Waals surface area contributed by atoms with Crippen LogP contribution in [0.25, 0.3) is 0 Å². The molecule has 0 radical (unpaired) electrons. The maximum atomic E-state index is 12.9. The molecule has 3 nitrogen and oxygen atoms in total. The number of rotatable bonds is 1. The number of halogens is 3. The van der Waals surface area contributed by atoms with Crippen LogP contribution in [0.2, 0.25) is 0 Å². The molecular formula is C14H19F3N2O. The Labute approximate surface area is 116 Å². The lowest BCUT2D eigenvalue weighted by Crippen LogP contribution is -2.17. The zero-order valence-corrected chi connectivity index (χ0v) is 12.3. The molecule has 0 aromatic carbocycles. The van der Waals surface area contributed by atoms with Gasteiger partial charge in [0.25, 0.3) is 5.91 Å². The van der Waals surface area contributed by atoms with Crippen molar-refractivity contribution in [3.05, 3.63) is 28.6 Å². The van der Waals surface area contributed by atoms with Crippen LogP contribution in [0, 0.1) is 0 Å². The summed E-state index contributed by atoms with van der Waals surface area (Å²) in [6.07, 6.45) is -4.53. The van der Waals surface area contributed by atoms with Gasteiger partial charge < -0.3 is 4.90 Å². The molecule has 1 amide bonds. The molecule has 1 aromatic heterocycles. The Hall–Kier alpha value is -1.59. The van der Waals surface area contributed by atoms with Crippen molar-refractivity contribution in [1.82, 2.24) is 9.88 Å². The minimum absolute atomic E-state index is 0.0144. The van der Waals surface area contributed by atoms with Gasteiger partial charge in [0, 0.05) is 30.4 Å². The number of hydrogen-bond acceptors (Lipinski definition) is 2. The molecule has 0 aliphatic carbocycles. The first kappa shape index (κ1) is 16.5. The summed E-state index contributed by atoms with van der Waals surface area (Å²) in [5.41, 5.74) is -0.519. The van der Waals surface area contributed by atoms with Gasteiger partial charge in [0.1, 0.15) is 0 Å². The Kier molecular flexibility index (Phi) is 4.78. The van der Waals surface area contributed by atoms with Crippen LogP contribution in [0.4, 0.5) is 13.2 Å². The highest BCUT2D eigenvalue weighted by atomic mass is 19.4. The van der Waals surface area contributed by atoms with Gasteiger partial charge >= 0.3 is 6.18 Å². The van der Waals surface area contributed by atoms with Gasteiger partial charge in [-0.1, -0.05) is 27.7 Å². The third kappa shape index (κ3) is 2.94. The first-order valence-corrected chi connectivity index (χ1v) is 6.58. The number of carbonyl (C=O) groups is 1. The summed E-state index contributed by atoms with van der Waals surface area (Å²) in [7, 11) is 1.48. The highest BCUT2D eigenvalue weighted by Crippen LogP contribution is 2.36. The van der Waals surface area contributed by atoms with Crippen LogP contribution >= 0.6 is 0 Å². The van der Waals surface area contributed by atoms with Gasteiger partial charge in [-0.3, -0.25) is 4.79 Å². The van der Waals surface area contributed by atoms with Crippen molar-refractivity contribution in [3.63, 3.8) is 0 Å². The molecule has 0 bridgehead atoms. The fraction of sp³-hybridized carbons (Fsp3) is 0.571. The second-order valence-electron chi connectivity index (χ2n) is 4.74. The van der Waals surface area contributed by atoms with E-state index >= 15 is 0 Å². The van der Waals surface area contributed by atoms with Crippen molar-refractivity contribution < 1.29 is 18.0 Å². The van der Waals surface area contributed by atoms with Gasteiger partial charge in [0.2, 0.25) is 0 Å². The highest BCUT2D eigenvalue weighted by Gasteiger charge is 2.41. The SMILES string of the molecule is CC.CC(C)c1cc2c(c(C(F)(F)F)n1)CN(C)C2=O. The van der Waals surface area contributed by atoms with Gasteiger partial charge in [0.15, 0.2) is 5.69 Å². The summed E-state index contributed by atoms with van der Waals surface area (Å²) >= 11 is 0. The van der Waals surface area contributed by atoms with E-state index in [1.54, 1.807) is 13.8 Å². The lowest BCUT2D eigenvalue weighted by molar-refractivity contribution is -0.142. The second kappa shape index (κ2) is 5.81. The van der Waals surface area contributed by atoms with Gasteiger partial charge in [-0.25, -0.2) is 4.98 Å². The van der Waals surface area contributed by atoms with E-state index in [0.717, 1.165) is 0 Å². The van der Waals surface area contributed by atoms with E-state index in [9.17, 15) is 18.0 Å². The molecular weight excluding hydrogens is 269 g/mol. The largest absolute Gasteiger partial charge is 0.433 e. The highest BCUT2D eigenvalue weighted by molar-refractivity contribution is 5.98. The summed E-state index contributed by atoms with van der Waals surface area (Å²) < 4.78 is 38.8. The average Bonchev–Trinajstić information content (AvgIpc) is 2.65. The number of hydrogen-bond donors (Lipinski definition) is 0. The summed E-state index contributed by atoms with van der Waals surface area (Å²) in [5, 5.41) is 0. The van der Waals surface area contributed by atoms with E-state index in [2.05, 4.69) is 4.98 Å². The molecule has 0 atom stereocenters. The van der Waals surface area contributed by atoms with E-state index in [1.165, 1.54) is 18.0 Å². The van der Waals surface area contributed by atoms with Crippen LogP contribution < -0.4 is 0 Å². The molecule has 0 N–H and O–H groups in total. The Morgan fingerprint density at radius 2 is 1.85 bits per heavy atom. The third-order valence-corrected chi connectivity index (χ3v) is 2.98. The van der Waals surface area contributed by atoms with Crippen molar-refractivity contribution in [1.29, 1.82) is 0 Å². The summed E-state index contributed by atoms with van der Waals surface area (Å²) in [6.45, 7) is 7.46. The number of amides is 1. The molecule has 0 saturated heterocycles. The van der Waals surface area contributed by atoms with Crippen LogP contribution in [0.5, 0.6) is 0 Å². The topological polar surface area (TPSA) is 33.2 Å². The Bertz CT molecular complexity index is 510. The monoisotopic (exact) mass is 288 g/mol. The Balaban J connectivity index is 0.000000956. The van der Waals surface area contributed by atoms with Crippen LogP contribution in [0.3, 0.4) is 0 Å². The third-order valence-electron chi connectivity index (χ3n) is 2.98. The molecule has 1 aliphatic heterocycles. The van der Waals surface area contributed by atoms with Crippen LogP contribution in [-0.2, 0) is 12.7 Å². The lowest BCUT2D eigenvalue weighted by Gasteiger charge is -2.13. The van der Waals surface area contributed by atoms with E-state index in [1.807, 2.05) is 13.8 Å². The number of carbonyl (C=O) groups excluding carboxylic acids is 1. The standard InChI is InChI=1S/C12H13F3N2O.C2H6/c1-6(2)9-4-7-8(5-17(3)11(7)18)10(16-9)12(13,14)15;1-2/h4,6H,5H2,1-3H3;1-2H3. The molecule has 0 spiro atoms. The Morgan fingerprint density at radius 1 is 1.30 bits per heavy atom. The average molecular weight is 288 g/mol. The molecule has 0 fully saturated rings. The number of alkyl halides is 3. The maximum absolute atomic E-state index is 12.9. The fourth-order valence-corrected chi connectivity index (χ4v) is 1.99. The predicted octanol–water partition coefficient (Wildman–Crippen LogP) is 3.84. The molecule has 2 rings (SSSR count). The quantitative estimate of drug-likeness (QED) is 0.786. The van der Waals surface area contributed by atoms with Crippen molar-refractivity contribution in [3.8, 4) is 0 Å². The van der Waals surface area contributed by atoms with Crippen LogP contribution in [0.15, 0.2) is 6.07 Å². The minimum Gasteiger partial charge on any atom is -0.337 e. The zero-order valence-electron chi connectivity index (χ0n) is 12.3. The van der Waals surface area contributed by atoms with E-state index in [-0.39, 0.29) is 29.5 Å². The van der Waals surface area contributed by atoms with Gasteiger partial charge in [-0.2, -0.15) is 13.2 Å². The molecule has 0 unspecified atom stereocenters. The first-order chi connectivity index (χ1) is 9.21. The van der Waals surface area contributed by atoms with Crippen molar-refractivity contribution in [2.24, 2.45) is 0 Å². The summed E-state index contributed by atoms with van der Waals surface area (Å²) in [5.74, 6) is -0.532. The van der Waals surface area contributed by atoms with Crippen molar-refractivity contribution >= 4 is 5.91 Å². The van der Waals surface area contributed by atoms with Gasteiger partial charge in [0.05, 0.1) is 0 Å². The molecule has 1 aliphatic rings. The lowest BCUT2D eigenvalue weighted by atomic mass is 10.0.